The van der Waals surface area contributed by atoms with Crippen LogP contribution >= 0.6 is 0 Å². The number of nitrogens with one attached hydrogen (secondary N) is 1. The van der Waals surface area contributed by atoms with Crippen LogP contribution in [0.25, 0.3) is 5.57 Å². The lowest BCUT2D eigenvalue weighted by Gasteiger charge is -2.72. The molecule has 10 heteroatoms. The molecule has 7 rings (SSSR count). The van der Waals surface area contributed by atoms with Crippen LogP contribution < -0.4 is 5.32 Å². The predicted molar refractivity (Wildman–Crippen MR) is 228 cm³/mol. The van der Waals surface area contributed by atoms with Gasteiger partial charge in [-0.15, -0.1) is 0 Å². The van der Waals surface area contributed by atoms with E-state index in [9.17, 15) is 23.1 Å². The van der Waals surface area contributed by atoms with Crippen LogP contribution in [0.15, 0.2) is 42.5 Å². The maximum Gasteiger partial charge on any atom is 0.335 e. The smallest absolute Gasteiger partial charge is 0.335 e. The van der Waals surface area contributed by atoms with Gasteiger partial charge in [0.15, 0.2) is 9.84 Å². The second kappa shape index (κ2) is 15.4. The maximum absolute atomic E-state index is 14.6. The molecule has 6 aliphatic rings. The SMILES string of the molecule is C=C(C)[C@@H]1CC[C@]2(NC(=O)N(CCCOC)CCN3CCS(=O)(=O)CC3)CC[C@]3(C)[C@H](CC[C@@H]4[C@@]5(C)CC=C(c6ccc(C(=O)O)cc6)C(C)(C)[C@@H]5CC[C@]43C)[C@@H]12. The molecule has 4 saturated carbocycles. The Kier molecular flexibility index (Phi) is 11.5. The summed E-state index contributed by atoms with van der Waals surface area (Å²) in [5.74, 6) is 1.82. The van der Waals surface area contributed by atoms with Gasteiger partial charge in [-0.05, 0) is 146 Å². The molecule has 0 spiro atoms. The van der Waals surface area contributed by atoms with Crippen LogP contribution in [-0.4, -0.2) is 98.8 Å². The summed E-state index contributed by atoms with van der Waals surface area (Å²) >= 11 is 0. The van der Waals surface area contributed by atoms with Gasteiger partial charge in [-0.3, -0.25) is 4.90 Å². The molecule has 2 N–H and O–H groups in total. The summed E-state index contributed by atoms with van der Waals surface area (Å²) in [5.41, 5.74) is 4.23. The van der Waals surface area contributed by atoms with Crippen molar-refractivity contribution in [3.05, 3.63) is 53.6 Å². The number of methoxy groups -OCH3 is 1. The van der Waals surface area contributed by atoms with Gasteiger partial charge in [-0.2, -0.15) is 0 Å². The number of fused-ring (bicyclic) bond motifs is 7. The first-order valence-corrected chi connectivity index (χ1v) is 23.8. The Hall–Kier alpha value is -2.69. The number of carboxylic acids is 1. The van der Waals surface area contributed by atoms with E-state index in [1.165, 1.54) is 36.8 Å². The number of allylic oxidation sites excluding steroid dienone is 3. The number of amides is 2. The summed E-state index contributed by atoms with van der Waals surface area (Å²) in [5, 5.41) is 13.3. The molecule has 57 heavy (non-hydrogen) atoms. The zero-order valence-corrected chi connectivity index (χ0v) is 36.8. The average Bonchev–Trinajstić information content (AvgIpc) is 3.53. The molecule has 2 amide bonds. The highest BCUT2D eigenvalue weighted by molar-refractivity contribution is 7.91. The summed E-state index contributed by atoms with van der Waals surface area (Å²) in [4.78, 5) is 30.3. The third-order valence-corrected chi connectivity index (χ3v) is 19.2. The lowest BCUT2D eigenvalue weighted by molar-refractivity contribution is -0.218. The zero-order chi connectivity index (χ0) is 41.2. The molecule has 9 atom stereocenters. The summed E-state index contributed by atoms with van der Waals surface area (Å²) in [6, 6.07) is 7.53. The molecule has 1 saturated heterocycles. The Bertz CT molecular complexity index is 1850. The van der Waals surface area contributed by atoms with Crippen molar-refractivity contribution in [2.45, 2.75) is 111 Å². The van der Waals surface area contributed by atoms with Crippen LogP contribution in [0.3, 0.4) is 0 Å². The van der Waals surface area contributed by atoms with Crippen molar-refractivity contribution in [2.24, 2.45) is 51.2 Å². The Labute approximate surface area is 343 Å². The molecule has 9 nitrogen and oxygen atoms in total. The minimum Gasteiger partial charge on any atom is -0.478 e. The predicted octanol–water partition coefficient (Wildman–Crippen LogP) is 8.57. The van der Waals surface area contributed by atoms with Crippen molar-refractivity contribution in [3.8, 4) is 0 Å². The van der Waals surface area contributed by atoms with E-state index >= 15 is 0 Å². The molecule has 0 unspecified atom stereocenters. The van der Waals surface area contributed by atoms with Gasteiger partial charge in [0.1, 0.15) is 0 Å². The van der Waals surface area contributed by atoms with E-state index in [2.05, 4.69) is 64.4 Å². The van der Waals surface area contributed by atoms with Crippen LogP contribution in [0.1, 0.15) is 122 Å². The summed E-state index contributed by atoms with van der Waals surface area (Å²) in [6.45, 7) is 23.1. The van der Waals surface area contributed by atoms with E-state index in [1.807, 2.05) is 17.0 Å². The van der Waals surface area contributed by atoms with Crippen LogP contribution in [0, 0.1) is 51.2 Å². The molecule has 316 valence electrons. The Balaban J connectivity index is 1.14. The molecule has 5 fully saturated rings. The van der Waals surface area contributed by atoms with Crippen molar-refractivity contribution >= 4 is 27.4 Å². The van der Waals surface area contributed by atoms with Crippen LogP contribution in [-0.2, 0) is 14.6 Å². The fraction of sp³-hybridized carbons (Fsp3) is 0.745. The second-order valence-electron chi connectivity index (χ2n) is 20.5. The molecule has 0 radical (unpaired) electrons. The number of rotatable bonds is 11. The van der Waals surface area contributed by atoms with Gasteiger partial charge in [0, 0.05) is 52.0 Å². The summed E-state index contributed by atoms with van der Waals surface area (Å²) in [6.07, 6.45) is 13.2. The van der Waals surface area contributed by atoms with Crippen molar-refractivity contribution in [2.75, 3.05) is 57.9 Å². The summed E-state index contributed by atoms with van der Waals surface area (Å²) in [7, 11) is -1.26. The fourth-order valence-corrected chi connectivity index (χ4v) is 15.8. The lowest BCUT2D eigenvalue weighted by Crippen LogP contribution is -2.69. The number of carboxylic acid groups (broad SMARTS) is 1. The number of carbonyl (C=O) groups is 2. The van der Waals surface area contributed by atoms with E-state index in [-0.39, 0.29) is 44.7 Å². The Morgan fingerprint density at radius 2 is 1.63 bits per heavy atom. The van der Waals surface area contributed by atoms with E-state index in [1.54, 1.807) is 19.2 Å². The van der Waals surface area contributed by atoms with Gasteiger partial charge >= 0.3 is 12.0 Å². The number of aromatic carboxylic acids is 1. The van der Waals surface area contributed by atoms with Gasteiger partial charge in [-0.1, -0.05) is 65.0 Å². The lowest BCUT2D eigenvalue weighted by atomic mass is 9.33. The number of carbonyl (C=O) groups excluding carboxylic acids is 1. The molecule has 1 aromatic carbocycles. The highest BCUT2D eigenvalue weighted by atomic mass is 32.2. The zero-order valence-electron chi connectivity index (χ0n) is 36.0. The standard InChI is InChI=1S/C47H71N3O6S/c1-32(2)35-16-21-47(48-42(53)50(24-9-29-56-8)26-25-49-27-30-57(54,55)31-28-49)23-22-45(6)37(40(35)47)14-15-39-44(5)19-17-36(33-10-12-34(13-11-33)41(51)52)43(3,4)38(44)18-20-46(39,45)7/h10-13,17,35,37-40H,1,9,14-16,18-31H2,2-8H3,(H,48,53)(H,51,52)/t35-,37+,38-,39+,40+,44-,45+,46+,47-/m0/s1. The van der Waals surface area contributed by atoms with Crippen molar-refractivity contribution in [1.82, 2.24) is 15.1 Å². The highest BCUT2D eigenvalue weighted by Gasteiger charge is 2.70. The van der Waals surface area contributed by atoms with Crippen molar-refractivity contribution in [3.63, 3.8) is 0 Å². The number of urea groups is 1. The van der Waals surface area contributed by atoms with Crippen LogP contribution in [0.2, 0.25) is 0 Å². The van der Waals surface area contributed by atoms with E-state index in [0.29, 0.717) is 74.5 Å². The summed E-state index contributed by atoms with van der Waals surface area (Å²) < 4.78 is 29.6. The van der Waals surface area contributed by atoms with Gasteiger partial charge < -0.3 is 20.1 Å². The minimum atomic E-state index is -2.96. The van der Waals surface area contributed by atoms with Crippen molar-refractivity contribution in [1.29, 1.82) is 0 Å². The molecule has 5 aliphatic carbocycles. The number of sulfone groups is 1. The third kappa shape index (κ3) is 7.23. The third-order valence-electron chi connectivity index (χ3n) is 17.6. The van der Waals surface area contributed by atoms with E-state index in [4.69, 9.17) is 4.74 Å². The minimum absolute atomic E-state index is 0.0178. The van der Waals surface area contributed by atoms with Crippen molar-refractivity contribution < 1.29 is 27.9 Å². The second-order valence-corrected chi connectivity index (χ2v) is 22.8. The number of hydrogen-bond acceptors (Lipinski definition) is 6. The quantitative estimate of drug-likeness (QED) is 0.170. The monoisotopic (exact) mass is 806 g/mol. The number of hydrogen-bond donors (Lipinski definition) is 2. The topological polar surface area (TPSA) is 116 Å². The van der Waals surface area contributed by atoms with Crippen LogP contribution in [0.5, 0.6) is 0 Å². The van der Waals surface area contributed by atoms with Gasteiger partial charge in [-0.25, -0.2) is 18.0 Å². The van der Waals surface area contributed by atoms with Gasteiger partial charge in [0.05, 0.1) is 17.1 Å². The first-order valence-electron chi connectivity index (χ1n) is 22.0. The molecular formula is C47H71N3O6S. The number of nitrogens with zero attached hydrogens (tertiary/aromatic N) is 2. The normalized spacial score (nSPS) is 38.1. The van der Waals surface area contributed by atoms with E-state index < -0.39 is 15.8 Å². The average molecular weight is 806 g/mol. The number of benzene rings is 1. The number of ether oxygens (including phenoxy) is 1. The van der Waals surface area contributed by atoms with Gasteiger partial charge in [0.25, 0.3) is 0 Å². The first-order chi connectivity index (χ1) is 26.8. The van der Waals surface area contributed by atoms with E-state index in [0.717, 1.165) is 44.1 Å². The molecule has 0 bridgehead atoms. The Morgan fingerprint density at radius 1 is 0.930 bits per heavy atom. The highest BCUT2D eigenvalue weighted by Crippen LogP contribution is 2.76. The molecule has 0 aromatic heterocycles. The first kappa shape index (κ1) is 42.4. The molecule has 1 aromatic rings. The Morgan fingerprint density at radius 3 is 2.28 bits per heavy atom. The van der Waals surface area contributed by atoms with Gasteiger partial charge in [0.2, 0.25) is 0 Å². The molecule has 1 aliphatic heterocycles. The fourth-order valence-electron chi connectivity index (χ4n) is 14.5. The largest absolute Gasteiger partial charge is 0.478 e. The molecule has 1 heterocycles. The van der Waals surface area contributed by atoms with Crippen LogP contribution in [0.4, 0.5) is 4.79 Å². The maximum atomic E-state index is 14.6. The molecular weight excluding hydrogens is 735 g/mol.